The number of carbonyl (C=O) groups excluding carboxylic acids is 3. The normalized spacial score (nSPS) is 10.8. The van der Waals surface area contributed by atoms with E-state index < -0.39 is 0 Å². The Morgan fingerprint density at radius 2 is 1.86 bits per heavy atom. The highest BCUT2D eigenvalue weighted by Crippen LogP contribution is 2.22. The first-order chi connectivity index (χ1) is 10.3. The van der Waals surface area contributed by atoms with E-state index >= 15 is 0 Å². The highest BCUT2D eigenvalue weighted by molar-refractivity contribution is 8.00. The third-order valence-electron chi connectivity index (χ3n) is 3.10. The van der Waals surface area contributed by atoms with Gasteiger partial charge in [-0.05, 0) is 39.7 Å². The number of thioether (sulfide) groups is 1. The maximum absolute atomic E-state index is 12.3. The second-order valence-corrected chi connectivity index (χ2v) is 6.33. The molecule has 0 spiro atoms. The summed E-state index contributed by atoms with van der Waals surface area (Å²) in [6.45, 7) is 8.78. The zero-order valence-electron chi connectivity index (χ0n) is 13.7. The molecule has 1 aromatic rings. The van der Waals surface area contributed by atoms with Gasteiger partial charge in [-0.3, -0.25) is 14.4 Å². The molecule has 0 amide bonds. The summed E-state index contributed by atoms with van der Waals surface area (Å²) in [7, 11) is 0. The van der Waals surface area contributed by atoms with E-state index in [1.54, 1.807) is 20.8 Å². The van der Waals surface area contributed by atoms with Gasteiger partial charge >= 0.3 is 5.97 Å². The first-order valence-corrected chi connectivity index (χ1v) is 8.46. The number of ketones is 2. The lowest BCUT2D eigenvalue weighted by atomic mass is 10.0. The van der Waals surface area contributed by atoms with Gasteiger partial charge in [0.25, 0.3) is 0 Å². The zero-order chi connectivity index (χ0) is 16.9. The highest BCUT2D eigenvalue weighted by atomic mass is 32.2. The third-order valence-corrected chi connectivity index (χ3v) is 4.00. The minimum Gasteiger partial charge on any atom is -0.462 e. The molecular weight excluding hydrogens is 302 g/mol. The van der Waals surface area contributed by atoms with Crippen molar-refractivity contribution in [1.29, 1.82) is 0 Å². The second kappa shape index (κ2) is 8.17. The van der Waals surface area contributed by atoms with Crippen LogP contribution in [-0.2, 0) is 16.0 Å². The lowest BCUT2D eigenvalue weighted by molar-refractivity contribution is -0.144. The first kappa shape index (κ1) is 18.5. The summed E-state index contributed by atoms with van der Waals surface area (Å²) in [6, 6.07) is 0. The van der Waals surface area contributed by atoms with E-state index in [-0.39, 0.29) is 35.1 Å². The van der Waals surface area contributed by atoms with Crippen LogP contribution in [0.15, 0.2) is 0 Å². The average molecular weight is 325 g/mol. The van der Waals surface area contributed by atoms with Crippen LogP contribution in [0.4, 0.5) is 0 Å². The van der Waals surface area contributed by atoms with Crippen LogP contribution in [0.3, 0.4) is 0 Å². The molecule has 6 heteroatoms. The van der Waals surface area contributed by atoms with E-state index in [1.165, 1.54) is 18.7 Å². The predicted molar refractivity (Wildman–Crippen MR) is 87.8 cm³/mol. The van der Waals surface area contributed by atoms with Crippen molar-refractivity contribution in [1.82, 2.24) is 4.98 Å². The number of esters is 1. The van der Waals surface area contributed by atoms with Gasteiger partial charge < -0.3 is 9.72 Å². The van der Waals surface area contributed by atoms with Gasteiger partial charge in [-0.2, -0.15) is 0 Å². The maximum Gasteiger partial charge on any atom is 0.316 e. The molecule has 0 radical (unpaired) electrons. The van der Waals surface area contributed by atoms with Crippen LogP contribution in [0, 0.1) is 6.92 Å². The average Bonchev–Trinajstić information content (AvgIpc) is 2.74. The van der Waals surface area contributed by atoms with Crippen LogP contribution < -0.4 is 0 Å². The van der Waals surface area contributed by atoms with E-state index in [1.807, 2.05) is 6.92 Å². The fraction of sp³-hybridized carbons (Fsp3) is 0.562. The Labute approximate surface area is 135 Å². The van der Waals surface area contributed by atoms with Crippen molar-refractivity contribution in [3.8, 4) is 0 Å². The molecule has 1 aromatic heterocycles. The van der Waals surface area contributed by atoms with E-state index in [0.717, 1.165) is 11.3 Å². The van der Waals surface area contributed by atoms with Gasteiger partial charge in [0, 0.05) is 11.3 Å². The molecule has 5 nitrogen and oxygen atoms in total. The SMILES string of the molecule is CCc1c(C(=O)CSCC(=O)OC(C)C)[nH]c(C)c1C(C)=O. The van der Waals surface area contributed by atoms with Crippen LogP contribution >= 0.6 is 11.8 Å². The van der Waals surface area contributed by atoms with Crippen LogP contribution in [0.25, 0.3) is 0 Å². The Kier molecular flexibility index (Phi) is 6.87. The van der Waals surface area contributed by atoms with Gasteiger partial charge in [0.05, 0.1) is 23.3 Å². The molecule has 0 unspecified atom stereocenters. The molecule has 122 valence electrons. The smallest absolute Gasteiger partial charge is 0.316 e. The standard InChI is InChI=1S/C16H23NO4S/c1-6-12-15(11(5)18)10(4)17-16(12)13(19)7-22-8-14(20)21-9(2)3/h9,17H,6-8H2,1-5H3. The third kappa shape index (κ3) is 4.73. The Morgan fingerprint density at radius 3 is 2.36 bits per heavy atom. The van der Waals surface area contributed by atoms with Crippen molar-refractivity contribution in [2.45, 2.75) is 47.1 Å². The molecule has 1 rings (SSSR count). The number of carbonyl (C=O) groups is 3. The monoisotopic (exact) mass is 325 g/mol. The lowest BCUT2D eigenvalue weighted by Crippen LogP contribution is -2.15. The largest absolute Gasteiger partial charge is 0.462 e. The van der Waals surface area contributed by atoms with Crippen molar-refractivity contribution in [2.75, 3.05) is 11.5 Å². The maximum atomic E-state index is 12.3. The fourth-order valence-corrected chi connectivity index (χ4v) is 3.01. The van der Waals surface area contributed by atoms with Crippen molar-refractivity contribution >= 4 is 29.3 Å². The fourth-order valence-electron chi connectivity index (χ4n) is 2.34. The highest BCUT2D eigenvalue weighted by Gasteiger charge is 2.21. The number of ether oxygens (including phenoxy) is 1. The number of hydrogen-bond donors (Lipinski definition) is 1. The molecule has 22 heavy (non-hydrogen) atoms. The number of hydrogen-bond acceptors (Lipinski definition) is 5. The molecule has 1 heterocycles. The molecular formula is C16H23NO4S. The Balaban J connectivity index is 2.72. The number of aromatic amines is 1. The number of aromatic nitrogens is 1. The van der Waals surface area contributed by atoms with Crippen molar-refractivity contribution in [3.63, 3.8) is 0 Å². The molecule has 0 saturated heterocycles. The Hall–Kier alpha value is -1.56. The number of nitrogens with one attached hydrogen (secondary N) is 1. The summed E-state index contributed by atoms with van der Waals surface area (Å²) < 4.78 is 5.01. The van der Waals surface area contributed by atoms with Crippen molar-refractivity contribution < 1.29 is 19.1 Å². The molecule has 0 aliphatic heterocycles. The summed E-state index contributed by atoms with van der Waals surface area (Å²) in [5.41, 5.74) is 2.57. The number of Topliss-reactive ketones (excluding diaryl/α,β-unsaturated/α-hetero) is 2. The minimum absolute atomic E-state index is 0.0437. The number of rotatable bonds is 8. The molecule has 0 aromatic carbocycles. The van der Waals surface area contributed by atoms with Crippen LogP contribution in [0.2, 0.25) is 0 Å². The molecule has 0 fully saturated rings. The van der Waals surface area contributed by atoms with E-state index in [0.29, 0.717) is 17.7 Å². The minimum atomic E-state index is -0.324. The number of aryl methyl sites for hydroxylation is 1. The van der Waals surface area contributed by atoms with Gasteiger partial charge in [-0.15, -0.1) is 11.8 Å². The molecule has 0 aliphatic carbocycles. The van der Waals surface area contributed by atoms with Crippen molar-refractivity contribution in [2.24, 2.45) is 0 Å². The van der Waals surface area contributed by atoms with E-state index in [2.05, 4.69) is 4.98 Å². The first-order valence-electron chi connectivity index (χ1n) is 7.30. The number of H-pyrrole nitrogens is 1. The van der Waals surface area contributed by atoms with Crippen molar-refractivity contribution in [3.05, 3.63) is 22.5 Å². The van der Waals surface area contributed by atoms with E-state index in [9.17, 15) is 14.4 Å². The Morgan fingerprint density at radius 1 is 1.23 bits per heavy atom. The lowest BCUT2D eigenvalue weighted by Gasteiger charge is -2.07. The summed E-state index contributed by atoms with van der Waals surface area (Å²) >= 11 is 1.22. The molecule has 0 saturated carbocycles. The van der Waals surface area contributed by atoms with Gasteiger partial charge in [0.2, 0.25) is 0 Å². The van der Waals surface area contributed by atoms with Crippen LogP contribution in [0.1, 0.15) is 59.8 Å². The summed E-state index contributed by atoms with van der Waals surface area (Å²) in [5.74, 6) is -0.148. The Bertz CT molecular complexity index is 575. The van der Waals surface area contributed by atoms with E-state index in [4.69, 9.17) is 4.74 Å². The molecule has 0 aliphatic rings. The topological polar surface area (TPSA) is 76.2 Å². The zero-order valence-corrected chi connectivity index (χ0v) is 14.6. The van der Waals surface area contributed by atoms with Gasteiger partial charge in [0.15, 0.2) is 11.6 Å². The van der Waals surface area contributed by atoms with Crippen LogP contribution in [0.5, 0.6) is 0 Å². The van der Waals surface area contributed by atoms with Gasteiger partial charge in [0.1, 0.15) is 0 Å². The summed E-state index contributed by atoms with van der Waals surface area (Å²) in [6.07, 6.45) is 0.458. The molecule has 1 N–H and O–H groups in total. The predicted octanol–water partition coefficient (Wildman–Crippen LogP) is 2.96. The summed E-state index contributed by atoms with van der Waals surface area (Å²) in [4.78, 5) is 38.4. The van der Waals surface area contributed by atoms with Gasteiger partial charge in [-0.25, -0.2) is 0 Å². The second-order valence-electron chi connectivity index (χ2n) is 5.34. The quantitative estimate of drug-likeness (QED) is 0.587. The summed E-state index contributed by atoms with van der Waals surface area (Å²) in [5, 5.41) is 0. The molecule has 0 bridgehead atoms. The van der Waals surface area contributed by atoms with Gasteiger partial charge in [-0.1, -0.05) is 6.92 Å². The van der Waals surface area contributed by atoms with Crippen LogP contribution in [-0.4, -0.2) is 40.1 Å². The molecule has 0 atom stereocenters.